The molecule has 1 rings (SSSR count). The first-order valence-electron chi connectivity index (χ1n) is 7.06. The Hall–Kier alpha value is -0.0800. The van der Waals surface area contributed by atoms with Crippen LogP contribution in [-0.4, -0.2) is 31.1 Å². The van der Waals surface area contributed by atoms with Crippen LogP contribution in [0.5, 0.6) is 0 Å². The highest BCUT2D eigenvalue weighted by molar-refractivity contribution is 4.83. The van der Waals surface area contributed by atoms with E-state index in [1.807, 2.05) is 0 Å². The van der Waals surface area contributed by atoms with Crippen molar-refractivity contribution >= 4 is 0 Å². The highest BCUT2D eigenvalue weighted by atomic mass is 15.1. The summed E-state index contributed by atoms with van der Waals surface area (Å²) in [6.07, 6.45) is 6.67. The van der Waals surface area contributed by atoms with Gasteiger partial charge in [-0.25, -0.2) is 0 Å². The summed E-state index contributed by atoms with van der Waals surface area (Å²) in [7, 11) is 0. The SMILES string of the molecule is CCCN(CC1CC1)CC(C)(CN)CCC. The summed E-state index contributed by atoms with van der Waals surface area (Å²) in [5.41, 5.74) is 6.29. The maximum Gasteiger partial charge on any atom is 0.00475 e. The molecular weight excluding hydrogens is 196 g/mol. The van der Waals surface area contributed by atoms with E-state index in [-0.39, 0.29) is 0 Å². The first-order valence-corrected chi connectivity index (χ1v) is 7.06. The van der Waals surface area contributed by atoms with Gasteiger partial charge in [0.1, 0.15) is 0 Å². The van der Waals surface area contributed by atoms with Crippen molar-refractivity contribution in [1.82, 2.24) is 4.90 Å². The standard InChI is InChI=1S/C14H30N2/c1-4-8-14(3,11-15)12-16(9-5-2)10-13-6-7-13/h13H,4-12,15H2,1-3H3. The maximum atomic E-state index is 5.96. The van der Waals surface area contributed by atoms with Crippen LogP contribution >= 0.6 is 0 Å². The van der Waals surface area contributed by atoms with Gasteiger partial charge in [-0.2, -0.15) is 0 Å². The van der Waals surface area contributed by atoms with Gasteiger partial charge in [-0.1, -0.05) is 27.2 Å². The second kappa shape index (κ2) is 6.61. The van der Waals surface area contributed by atoms with E-state index in [9.17, 15) is 0 Å². The molecule has 0 radical (unpaired) electrons. The molecular formula is C14H30N2. The predicted molar refractivity (Wildman–Crippen MR) is 71.5 cm³/mol. The molecule has 0 aromatic rings. The van der Waals surface area contributed by atoms with Gasteiger partial charge in [-0.05, 0) is 50.1 Å². The molecule has 1 aliphatic rings. The Balaban J connectivity index is 2.42. The summed E-state index contributed by atoms with van der Waals surface area (Å²) in [5, 5.41) is 0. The molecule has 2 heteroatoms. The van der Waals surface area contributed by atoms with E-state index < -0.39 is 0 Å². The lowest BCUT2D eigenvalue weighted by Gasteiger charge is -2.34. The minimum Gasteiger partial charge on any atom is -0.330 e. The molecule has 0 aromatic carbocycles. The summed E-state index contributed by atoms with van der Waals surface area (Å²) in [5.74, 6) is 0.996. The quantitative estimate of drug-likeness (QED) is 0.655. The van der Waals surface area contributed by atoms with Crippen molar-refractivity contribution in [2.45, 2.75) is 52.9 Å². The number of rotatable bonds is 9. The lowest BCUT2D eigenvalue weighted by molar-refractivity contribution is 0.153. The molecule has 1 fully saturated rings. The molecule has 0 saturated heterocycles. The van der Waals surface area contributed by atoms with Gasteiger partial charge in [-0.15, -0.1) is 0 Å². The van der Waals surface area contributed by atoms with E-state index in [0.717, 1.165) is 12.5 Å². The lowest BCUT2D eigenvalue weighted by Crippen LogP contribution is -2.41. The summed E-state index contributed by atoms with van der Waals surface area (Å²) >= 11 is 0. The third kappa shape index (κ3) is 4.84. The normalized spacial score (nSPS) is 20.1. The molecule has 1 atom stereocenters. The lowest BCUT2D eigenvalue weighted by atomic mass is 9.85. The van der Waals surface area contributed by atoms with Gasteiger partial charge < -0.3 is 10.6 Å². The maximum absolute atomic E-state index is 5.96. The van der Waals surface area contributed by atoms with E-state index in [4.69, 9.17) is 5.73 Å². The molecule has 0 heterocycles. The number of hydrogen-bond donors (Lipinski definition) is 1. The van der Waals surface area contributed by atoms with Crippen LogP contribution in [-0.2, 0) is 0 Å². The third-order valence-electron chi connectivity index (χ3n) is 3.70. The Bertz CT molecular complexity index is 189. The van der Waals surface area contributed by atoms with Gasteiger partial charge in [0.2, 0.25) is 0 Å². The molecule has 0 bridgehead atoms. The van der Waals surface area contributed by atoms with Crippen LogP contribution in [0.4, 0.5) is 0 Å². The summed E-state index contributed by atoms with van der Waals surface area (Å²) in [4.78, 5) is 2.65. The van der Waals surface area contributed by atoms with Crippen molar-refractivity contribution < 1.29 is 0 Å². The molecule has 0 spiro atoms. The fourth-order valence-electron chi connectivity index (χ4n) is 2.61. The zero-order valence-electron chi connectivity index (χ0n) is 11.5. The minimum absolute atomic E-state index is 0.332. The van der Waals surface area contributed by atoms with Gasteiger partial charge >= 0.3 is 0 Å². The Morgan fingerprint density at radius 2 is 1.94 bits per heavy atom. The third-order valence-corrected chi connectivity index (χ3v) is 3.70. The molecule has 96 valence electrons. The van der Waals surface area contributed by atoms with Crippen LogP contribution in [0.2, 0.25) is 0 Å². The van der Waals surface area contributed by atoms with Crippen molar-refractivity contribution in [1.29, 1.82) is 0 Å². The fourth-order valence-corrected chi connectivity index (χ4v) is 2.61. The Kier molecular flexibility index (Phi) is 5.77. The molecule has 1 unspecified atom stereocenters. The Morgan fingerprint density at radius 1 is 1.25 bits per heavy atom. The van der Waals surface area contributed by atoms with Gasteiger partial charge in [0.15, 0.2) is 0 Å². The summed E-state index contributed by atoms with van der Waals surface area (Å²) in [6.45, 7) is 11.5. The zero-order valence-corrected chi connectivity index (χ0v) is 11.5. The minimum atomic E-state index is 0.332. The van der Waals surface area contributed by atoms with Crippen LogP contribution in [0.1, 0.15) is 52.9 Å². The fraction of sp³-hybridized carbons (Fsp3) is 1.00. The smallest absolute Gasteiger partial charge is 0.00475 e. The van der Waals surface area contributed by atoms with Gasteiger partial charge in [0, 0.05) is 13.1 Å². The molecule has 0 aliphatic heterocycles. The van der Waals surface area contributed by atoms with E-state index in [2.05, 4.69) is 25.7 Å². The van der Waals surface area contributed by atoms with Crippen LogP contribution in [0.3, 0.4) is 0 Å². The predicted octanol–water partition coefficient (Wildman–Crippen LogP) is 2.87. The van der Waals surface area contributed by atoms with Crippen LogP contribution in [0.25, 0.3) is 0 Å². The highest BCUT2D eigenvalue weighted by Gasteiger charge is 2.29. The average Bonchev–Trinajstić information content (AvgIpc) is 3.02. The molecule has 1 saturated carbocycles. The topological polar surface area (TPSA) is 29.3 Å². The van der Waals surface area contributed by atoms with Crippen LogP contribution in [0.15, 0.2) is 0 Å². The van der Waals surface area contributed by atoms with Gasteiger partial charge in [-0.3, -0.25) is 0 Å². The van der Waals surface area contributed by atoms with Crippen molar-refractivity contribution in [3.8, 4) is 0 Å². The average molecular weight is 226 g/mol. The number of nitrogens with zero attached hydrogens (tertiary/aromatic N) is 1. The van der Waals surface area contributed by atoms with E-state index in [0.29, 0.717) is 5.41 Å². The van der Waals surface area contributed by atoms with Crippen molar-refractivity contribution in [2.75, 3.05) is 26.2 Å². The summed E-state index contributed by atoms with van der Waals surface area (Å²) < 4.78 is 0. The van der Waals surface area contributed by atoms with Crippen LogP contribution in [0, 0.1) is 11.3 Å². The molecule has 0 amide bonds. The first-order chi connectivity index (χ1) is 7.63. The van der Waals surface area contributed by atoms with Crippen LogP contribution < -0.4 is 5.73 Å². The van der Waals surface area contributed by atoms with Crippen molar-refractivity contribution in [3.05, 3.63) is 0 Å². The Labute approximate surface area is 102 Å². The summed E-state index contributed by atoms with van der Waals surface area (Å²) in [6, 6.07) is 0. The van der Waals surface area contributed by atoms with E-state index in [1.54, 1.807) is 0 Å². The second-order valence-electron chi connectivity index (χ2n) is 5.94. The molecule has 2 N–H and O–H groups in total. The molecule has 2 nitrogen and oxygen atoms in total. The monoisotopic (exact) mass is 226 g/mol. The van der Waals surface area contributed by atoms with Gasteiger partial charge in [0.25, 0.3) is 0 Å². The zero-order chi connectivity index (χ0) is 12.0. The Morgan fingerprint density at radius 3 is 2.38 bits per heavy atom. The number of hydrogen-bond acceptors (Lipinski definition) is 2. The largest absolute Gasteiger partial charge is 0.330 e. The van der Waals surface area contributed by atoms with E-state index in [1.165, 1.54) is 51.7 Å². The molecule has 16 heavy (non-hydrogen) atoms. The molecule has 1 aliphatic carbocycles. The van der Waals surface area contributed by atoms with Crippen molar-refractivity contribution in [3.63, 3.8) is 0 Å². The first kappa shape index (κ1) is 14.0. The molecule has 0 aromatic heterocycles. The van der Waals surface area contributed by atoms with E-state index >= 15 is 0 Å². The van der Waals surface area contributed by atoms with Gasteiger partial charge in [0.05, 0.1) is 0 Å². The second-order valence-corrected chi connectivity index (χ2v) is 5.94. The van der Waals surface area contributed by atoms with Crippen molar-refractivity contribution in [2.24, 2.45) is 17.1 Å². The highest BCUT2D eigenvalue weighted by Crippen LogP contribution is 2.31. The number of nitrogens with two attached hydrogens (primary N) is 1.